The third kappa shape index (κ3) is 7.28. The number of aliphatic hydroxyl groups is 1. The van der Waals surface area contributed by atoms with Gasteiger partial charge < -0.3 is 19.4 Å². The van der Waals surface area contributed by atoms with Gasteiger partial charge in [-0.25, -0.2) is 18.4 Å². The highest BCUT2D eigenvalue weighted by Crippen LogP contribution is 2.47. The summed E-state index contributed by atoms with van der Waals surface area (Å²) >= 11 is 1.06. The first-order chi connectivity index (χ1) is 20.3. The van der Waals surface area contributed by atoms with Crippen LogP contribution < -0.4 is 9.04 Å². The number of carboxylic acids is 1. The predicted molar refractivity (Wildman–Crippen MR) is 168 cm³/mol. The summed E-state index contributed by atoms with van der Waals surface area (Å²) in [5.41, 5.74) is -0.671. The van der Waals surface area contributed by atoms with E-state index in [0.717, 1.165) is 21.2 Å². The normalized spacial score (nSPS) is 14.4. The van der Waals surface area contributed by atoms with Gasteiger partial charge in [0, 0.05) is 6.54 Å². The van der Waals surface area contributed by atoms with Crippen molar-refractivity contribution in [2.75, 3.05) is 18.0 Å². The monoisotopic (exact) mass is 633 g/mol. The van der Waals surface area contributed by atoms with Gasteiger partial charge in [-0.3, -0.25) is 4.79 Å². The summed E-state index contributed by atoms with van der Waals surface area (Å²) in [5, 5.41) is 18.6. The van der Waals surface area contributed by atoms with Gasteiger partial charge >= 0.3 is 16.2 Å². The molecular weight excluding hydrogens is 594 g/mol. The molecule has 2 aromatic heterocycles. The lowest BCUT2D eigenvalue weighted by atomic mass is 10.0. The number of thiophene rings is 1. The van der Waals surface area contributed by atoms with Gasteiger partial charge in [-0.1, -0.05) is 38.1 Å². The average molecular weight is 634 g/mol. The van der Waals surface area contributed by atoms with Crippen LogP contribution in [-0.4, -0.2) is 59.0 Å². The van der Waals surface area contributed by atoms with Crippen LogP contribution in [0.15, 0.2) is 65.1 Å². The Morgan fingerprint density at radius 2 is 1.84 bits per heavy atom. The van der Waals surface area contributed by atoms with Gasteiger partial charge in [0.15, 0.2) is 5.54 Å². The molecule has 0 aliphatic carbocycles. The fourth-order valence-electron chi connectivity index (χ4n) is 4.12. The molecule has 1 aromatic carbocycles. The average Bonchev–Trinajstić information content (AvgIpc) is 3.62. The van der Waals surface area contributed by atoms with Crippen molar-refractivity contribution < 1.29 is 37.4 Å². The van der Waals surface area contributed by atoms with Crippen LogP contribution in [0.2, 0.25) is 0 Å². The molecule has 13 heteroatoms. The molecule has 1 aliphatic rings. The van der Waals surface area contributed by atoms with Crippen molar-refractivity contribution in [1.29, 1.82) is 0 Å². The number of aliphatic carboxylic acids is 1. The summed E-state index contributed by atoms with van der Waals surface area (Å²) in [7, 11) is -3.01. The van der Waals surface area contributed by atoms with Crippen molar-refractivity contribution in [3.63, 3.8) is 0 Å². The number of benzene rings is 1. The molecule has 2 N–H and O–H groups in total. The first kappa shape index (κ1) is 35.1. The van der Waals surface area contributed by atoms with Crippen LogP contribution in [-0.2, 0) is 21.4 Å². The Morgan fingerprint density at radius 1 is 1.19 bits per heavy atom. The van der Waals surface area contributed by atoms with E-state index in [-0.39, 0.29) is 29.4 Å². The van der Waals surface area contributed by atoms with Gasteiger partial charge in [-0.2, -0.15) is 8.42 Å². The number of carboxylic acid groups (broad SMARTS) is 1. The Balaban J connectivity index is 0.000000631. The molecule has 1 amide bonds. The fraction of sp³-hybridized carbons (Fsp3) is 0.367. The van der Waals surface area contributed by atoms with Crippen molar-refractivity contribution in [2.45, 2.75) is 60.4 Å². The number of oxazole rings is 1. The molecule has 4 rings (SSSR count). The summed E-state index contributed by atoms with van der Waals surface area (Å²) in [4.78, 5) is 30.1. The highest BCUT2D eigenvalue weighted by molar-refractivity contribution is 7.91. The standard InChI is InChI=1S/C22H23N3O7S2.C6H10O.C2H6/c1-13-16-19(26)25(22(2,3)21(27)28)34(29,30)24(11-9-14-7-5-6-8-15(14)31-4)20(16)33-17(13)18-23-10-12-32-18;1-3-5-6(7)4-2;1-2/h5-8,10,12H,9,11H2,1-4H3,(H,27,28);3-5,7H,1-2H3;1-2H3/b;5-3-,6-4+;. The van der Waals surface area contributed by atoms with E-state index >= 15 is 0 Å². The Morgan fingerprint density at radius 3 is 2.35 bits per heavy atom. The van der Waals surface area contributed by atoms with E-state index in [1.54, 1.807) is 44.2 Å². The van der Waals surface area contributed by atoms with Gasteiger partial charge in [0.2, 0.25) is 5.89 Å². The number of carbonyl (C=O) groups is 2. The molecule has 0 bridgehead atoms. The fourth-order valence-corrected chi connectivity index (χ4v) is 7.46. The number of methoxy groups -OCH3 is 1. The van der Waals surface area contributed by atoms with Crippen LogP contribution in [0.25, 0.3) is 10.8 Å². The molecule has 0 saturated heterocycles. The van der Waals surface area contributed by atoms with Crippen LogP contribution in [0.1, 0.15) is 63.0 Å². The number of fused-ring (bicyclic) bond motifs is 1. The minimum Gasteiger partial charge on any atom is -0.508 e. The van der Waals surface area contributed by atoms with E-state index < -0.39 is 27.6 Å². The number of para-hydroxylation sites is 1. The number of carbonyl (C=O) groups excluding carboxylic acids is 1. The molecule has 0 fully saturated rings. The zero-order chi connectivity index (χ0) is 32.5. The number of amides is 1. The first-order valence-corrected chi connectivity index (χ1v) is 15.8. The quantitative estimate of drug-likeness (QED) is 0.213. The number of hydrogen-bond acceptors (Lipinski definition) is 9. The Labute approximate surface area is 256 Å². The zero-order valence-corrected chi connectivity index (χ0v) is 27.2. The van der Waals surface area contributed by atoms with Crippen LogP contribution in [0.4, 0.5) is 5.00 Å². The maximum absolute atomic E-state index is 13.7. The largest absolute Gasteiger partial charge is 0.508 e. The molecule has 0 unspecified atom stereocenters. The topological polar surface area (TPSA) is 150 Å². The third-order valence-corrected chi connectivity index (χ3v) is 9.75. The van der Waals surface area contributed by atoms with Gasteiger partial charge in [0.25, 0.3) is 5.91 Å². The number of rotatable bonds is 8. The van der Waals surface area contributed by atoms with Gasteiger partial charge in [0.05, 0.1) is 23.7 Å². The predicted octanol–water partition coefficient (Wildman–Crippen LogP) is 6.38. The van der Waals surface area contributed by atoms with Crippen LogP contribution in [0, 0.1) is 6.92 Å². The number of ether oxygens (including phenoxy) is 1. The van der Waals surface area contributed by atoms with Crippen molar-refractivity contribution in [2.24, 2.45) is 0 Å². The second kappa shape index (κ2) is 14.9. The molecular formula is C30H39N3O8S2. The molecule has 11 nitrogen and oxygen atoms in total. The summed E-state index contributed by atoms with van der Waals surface area (Å²) < 4.78 is 39.7. The van der Waals surface area contributed by atoms with Gasteiger partial charge in [-0.15, -0.1) is 11.3 Å². The second-order valence-electron chi connectivity index (χ2n) is 9.36. The van der Waals surface area contributed by atoms with Crippen LogP contribution >= 0.6 is 11.3 Å². The van der Waals surface area contributed by atoms with Crippen molar-refractivity contribution in [3.8, 4) is 16.5 Å². The molecule has 234 valence electrons. The third-order valence-electron chi connectivity index (χ3n) is 6.33. The summed E-state index contributed by atoms with van der Waals surface area (Å²) in [5.74, 6) is -1.18. The van der Waals surface area contributed by atoms with Crippen molar-refractivity contribution in [3.05, 3.63) is 77.4 Å². The van der Waals surface area contributed by atoms with Crippen molar-refractivity contribution >= 4 is 38.4 Å². The number of hydrogen-bond donors (Lipinski definition) is 2. The van der Waals surface area contributed by atoms with Crippen LogP contribution in [0.3, 0.4) is 0 Å². The number of anilines is 1. The summed E-state index contributed by atoms with van der Waals surface area (Å²) in [6, 6.07) is 7.20. The maximum atomic E-state index is 13.7. The highest BCUT2D eigenvalue weighted by atomic mass is 32.2. The van der Waals surface area contributed by atoms with Crippen molar-refractivity contribution in [1.82, 2.24) is 9.29 Å². The molecule has 0 spiro atoms. The molecule has 3 heterocycles. The molecule has 0 saturated carbocycles. The van der Waals surface area contributed by atoms with E-state index in [4.69, 9.17) is 14.3 Å². The molecule has 1 aliphatic heterocycles. The number of allylic oxidation sites excluding steroid dienone is 3. The SMILES string of the molecule is C/C=C\C(O)=C/C.CC.COc1ccccc1CCN1c2sc(-c3ncco3)c(C)c2C(=O)N(C(C)(C)C(=O)O)S1(=O)=O. The Kier molecular flexibility index (Phi) is 12.1. The lowest BCUT2D eigenvalue weighted by Crippen LogP contribution is -2.62. The van der Waals surface area contributed by atoms with E-state index in [1.807, 2.05) is 32.9 Å². The van der Waals surface area contributed by atoms with Crippen LogP contribution in [0.5, 0.6) is 5.75 Å². The lowest BCUT2D eigenvalue weighted by molar-refractivity contribution is -0.145. The van der Waals surface area contributed by atoms with E-state index in [2.05, 4.69) is 4.98 Å². The van der Waals surface area contributed by atoms with E-state index in [0.29, 0.717) is 26.3 Å². The number of nitrogens with zero attached hydrogens (tertiary/aromatic N) is 3. The minimum atomic E-state index is -4.54. The van der Waals surface area contributed by atoms with Gasteiger partial charge in [-0.05, 0) is 70.4 Å². The number of aromatic nitrogens is 1. The molecule has 0 radical (unpaired) electrons. The Bertz CT molecular complexity index is 1570. The molecule has 3 aromatic rings. The van der Waals surface area contributed by atoms with Gasteiger partial charge in [0.1, 0.15) is 22.8 Å². The highest BCUT2D eigenvalue weighted by Gasteiger charge is 2.53. The smallest absolute Gasteiger partial charge is 0.330 e. The summed E-state index contributed by atoms with van der Waals surface area (Å²) in [6.45, 7) is 11.6. The number of aliphatic hydroxyl groups excluding tert-OH is 1. The Hall–Kier alpha value is -4.10. The lowest BCUT2D eigenvalue weighted by Gasteiger charge is -2.41. The van der Waals surface area contributed by atoms with E-state index in [9.17, 15) is 23.1 Å². The first-order valence-electron chi connectivity index (χ1n) is 13.6. The second-order valence-corrected chi connectivity index (χ2v) is 12.1. The molecule has 43 heavy (non-hydrogen) atoms. The maximum Gasteiger partial charge on any atom is 0.330 e. The minimum absolute atomic E-state index is 0.0415. The summed E-state index contributed by atoms with van der Waals surface area (Å²) in [6.07, 6.45) is 8.16. The van der Waals surface area contributed by atoms with E-state index in [1.165, 1.54) is 33.4 Å². The molecule has 0 atom stereocenters. The zero-order valence-electron chi connectivity index (χ0n) is 25.6.